The fourth-order valence-electron chi connectivity index (χ4n) is 1.75. The zero-order valence-corrected chi connectivity index (χ0v) is 16.3. The molecule has 0 unspecified atom stereocenters. The van der Waals surface area contributed by atoms with Gasteiger partial charge in [0.25, 0.3) is 0 Å². The summed E-state index contributed by atoms with van der Waals surface area (Å²) < 4.78 is 58.9. The van der Waals surface area contributed by atoms with Gasteiger partial charge in [0, 0.05) is 19.5 Å². The Morgan fingerprint density at radius 2 is 0.880 bits per heavy atom. The summed E-state index contributed by atoms with van der Waals surface area (Å²) in [4.78, 5) is 0. The van der Waals surface area contributed by atoms with Gasteiger partial charge in [0.2, 0.25) is 0 Å². The van der Waals surface area contributed by atoms with E-state index in [9.17, 15) is 13.2 Å². The van der Waals surface area contributed by atoms with Gasteiger partial charge in [0.1, 0.15) is 0 Å². The fourth-order valence-corrected chi connectivity index (χ4v) is 1.75. The molecule has 2 rings (SSSR count). The van der Waals surface area contributed by atoms with E-state index < -0.39 is 15.6 Å². The van der Waals surface area contributed by atoms with Gasteiger partial charge in [-0.05, 0) is 51.4 Å². The quantitative estimate of drug-likeness (QED) is 0.272. The molecular weight excluding hydrogens is 444 g/mol. The number of hydrogen-bond donors (Lipinski definition) is 0. The smallest absolute Gasteiger partial charge is 0.485 e. The molecule has 3 nitrogen and oxygen atoms in total. The van der Waals surface area contributed by atoms with Gasteiger partial charge in [0.05, 0.1) is 0 Å². The van der Waals surface area contributed by atoms with Crippen molar-refractivity contribution in [2.45, 2.75) is 56.9 Å². The second kappa shape index (κ2) is 15.5. The van der Waals surface area contributed by atoms with Crippen molar-refractivity contribution >= 4 is 10.1 Å². The second-order valence-electron chi connectivity index (χ2n) is 5.18. The van der Waals surface area contributed by atoms with Gasteiger partial charge in [-0.25, -0.2) is 8.42 Å². The Hall–Kier alpha value is -0.717. The monoisotopic (exact) mass is 468 g/mol. The topological polar surface area (TPSA) is 57.2 Å². The Labute approximate surface area is 161 Å². The van der Waals surface area contributed by atoms with Crippen LogP contribution in [0.4, 0.5) is 13.2 Å². The first-order valence-corrected chi connectivity index (χ1v) is 9.31. The molecule has 0 aromatic heterocycles. The van der Waals surface area contributed by atoms with Gasteiger partial charge in [-0.15, -0.1) is 0 Å². The molecule has 0 bridgehead atoms. The van der Waals surface area contributed by atoms with Gasteiger partial charge >= 0.3 is 5.51 Å². The number of allylic oxidation sites excluding steroid dienone is 8. The van der Waals surface area contributed by atoms with Gasteiger partial charge in [-0.1, -0.05) is 48.6 Å². The Morgan fingerprint density at radius 1 is 0.680 bits per heavy atom. The second-order valence-corrected chi connectivity index (χ2v) is 6.55. The van der Waals surface area contributed by atoms with Gasteiger partial charge in [-0.3, -0.25) is 0 Å². The van der Waals surface area contributed by atoms with Gasteiger partial charge in [-0.2, -0.15) is 13.2 Å². The minimum atomic E-state index is -6.09. The van der Waals surface area contributed by atoms with Crippen LogP contribution in [0.3, 0.4) is 0 Å². The first-order chi connectivity index (χ1) is 11.2. The first-order valence-electron chi connectivity index (χ1n) is 7.90. The molecule has 0 aromatic carbocycles. The van der Waals surface area contributed by atoms with Crippen molar-refractivity contribution in [2.24, 2.45) is 0 Å². The van der Waals surface area contributed by atoms with Crippen LogP contribution in [0, 0.1) is 0 Å². The average Bonchev–Trinajstić information content (AvgIpc) is 2.35. The molecule has 0 heterocycles. The van der Waals surface area contributed by atoms with Crippen molar-refractivity contribution in [3.63, 3.8) is 0 Å². The van der Waals surface area contributed by atoms with Gasteiger partial charge < -0.3 is 4.55 Å². The Bertz CT molecular complexity index is 480. The summed E-state index contributed by atoms with van der Waals surface area (Å²) in [7, 11) is -6.09. The third-order valence-electron chi connectivity index (χ3n) is 3.03. The predicted octanol–water partition coefficient (Wildman–Crippen LogP) is 5.39. The molecule has 0 saturated heterocycles. The van der Waals surface area contributed by atoms with Crippen LogP contribution in [0.2, 0.25) is 0 Å². The summed E-state index contributed by atoms with van der Waals surface area (Å²) >= 11 is 0. The molecule has 1 radical (unpaired) electrons. The van der Waals surface area contributed by atoms with E-state index in [1.807, 2.05) is 0 Å². The first kappa shape index (κ1) is 26.5. The summed E-state index contributed by atoms with van der Waals surface area (Å²) in [6.45, 7) is 0. The van der Waals surface area contributed by atoms with Crippen molar-refractivity contribution in [1.29, 1.82) is 0 Å². The summed E-state index contributed by atoms with van der Waals surface area (Å²) in [5.74, 6) is 0. The normalized spacial score (nSPS) is 17.3. The van der Waals surface area contributed by atoms with Crippen LogP contribution < -0.4 is 0 Å². The van der Waals surface area contributed by atoms with E-state index in [-0.39, 0.29) is 19.5 Å². The van der Waals surface area contributed by atoms with E-state index in [1.165, 1.54) is 51.4 Å². The van der Waals surface area contributed by atoms with Crippen LogP contribution in [0.15, 0.2) is 48.6 Å². The molecule has 0 amide bonds. The third kappa shape index (κ3) is 17.9. The van der Waals surface area contributed by atoms with Crippen molar-refractivity contribution in [1.82, 2.24) is 0 Å². The largest absolute Gasteiger partial charge is 0.741 e. The van der Waals surface area contributed by atoms with E-state index in [1.54, 1.807) is 0 Å². The van der Waals surface area contributed by atoms with Gasteiger partial charge in [0.15, 0.2) is 10.1 Å². The maximum absolute atomic E-state index is 10.7. The van der Waals surface area contributed by atoms with Crippen molar-refractivity contribution < 1.29 is 45.6 Å². The van der Waals surface area contributed by atoms with E-state index >= 15 is 0 Å². The van der Waals surface area contributed by atoms with Crippen LogP contribution >= 0.6 is 0 Å². The van der Waals surface area contributed by atoms with Crippen LogP contribution in [0.1, 0.15) is 51.4 Å². The van der Waals surface area contributed by atoms with E-state index in [2.05, 4.69) is 48.6 Å². The molecule has 0 saturated carbocycles. The van der Waals surface area contributed by atoms with E-state index in [0.717, 1.165) is 0 Å². The van der Waals surface area contributed by atoms with Crippen molar-refractivity contribution in [3.05, 3.63) is 48.6 Å². The molecule has 0 spiro atoms. The maximum Gasteiger partial charge on any atom is 0.485 e. The maximum atomic E-state index is 10.7. The van der Waals surface area contributed by atoms with Crippen LogP contribution in [0.5, 0.6) is 0 Å². The standard InChI is InChI=1S/2C8H12.CHF3O3S.Rh/c2*1-2-4-6-8-7-5-3-1;2-1(3,4)8(5,6)7;/h2*1-4H,5-8H2;(H,5,6,7);/p-1. The van der Waals surface area contributed by atoms with Crippen LogP contribution in [-0.2, 0) is 29.6 Å². The Balaban J connectivity index is 0. The minimum Gasteiger partial charge on any atom is -0.741 e. The predicted molar refractivity (Wildman–Crippen MR) is 89.2 cm³/mol. The molecule has 0 aliphatic heterocycles. The van der Waals surface area contributed by atoms with E-state index in [0.29, 0.717) is 0 Å². The van der Waals surface area contributed by atoms with Crippen LogP contribution in [-0.4, -0.2) is 18.5 Å². The molecule has 0 N–H and O–H groups in total. The molecule has 2 aliphatic carbocycles. The Morgan fingerprint density at radius 3 is 1.04 bits per heavy atom. The third-order valence-corrected chi connectivity index (χ3v) is 3.60. The average molecular weight is 468 g/mol. The number of halogens is 3. The number of hydrogen-bond acceptors (Lipinski definition) is 3. The molecule has 147 valence electrons. The van der Waals surface area contributed by atoms with E-state index in [4.69, 9.17) is 13.0 Å². The molecule has 0 atom stereocenters. The summed E-state index contributed by atoms with van der Waals surface area (Å²) in [5.41, 5.74) is -5.65. The molecule has 0 fully saturated rings. The molecule has 8 heteroatoms. The molecule has 25 heavy (non-hydrogen) atoms. The summed E-state index contributed by atoms with van der Waals surface area (Å²) in [6, 6.07) is 0. The summed E-state index contributed by atoms with van der Waals surface area (Å²) in [5, 5.41) is 0. The number of rotatable bonds is 0. The van der Waals surface area contributed by atoms with Crippen molar-refractivity contribution in [2.75, 3.05) is 0 Å². The minimum absolute atomic E-state index is 0. The SMILES string of the molecule is C1=CCCCCC=C1.C1=CCCCCC=C1.O=S(=O)([O-])C(F)(F)F.[Rh]. The Kier molecular flexibility index (Phi) is 16.5. The zero-order chi connectivity index (χ0) is 18.3. The molecule has 2 aliphatic rings. The fraction of sp³-hybridized carbons (Fsp3) is 0.529. The zero-order valence-electron chi connectivity index (χ0n) is 13.9. The molecular formula is C17H24F3O3RhS-. The van der Waals surface area contributed by atoms with Crippen LogP contribution in [0.25, 0.3) is 0 Å². The van der Waals surface area contributed by atoms with Crippen molar-refractivity contribution in [3.8, 4) is 0 Å². The molecule has 0 aromatic rings. The number of alkyl halides is 3. The summed E-state index contributed by atoms with van der Waals surface area (Å²) in [6.07, 6.45) is 28.0.